The van der Waals surface area contributed by atoms with Crippen molar-refractivity contribution in [2.75, 3.05) is 6.54 Å². The summed E-state index contributed by atoms with van der Waals surface area (Å²) in [6.45, 7) is 0.647. The molecule has 0 aromatic heterocycles. The van der Waals surface area contributed by atoms with Crippen molar-refractivity contribution in [1.29, 1.82) is 0 Å². The van der Waals surface area contributed by atoms with Gasteiger partial charge >= 0.3 is 6.09 Å². The van der Waals surface area contributed by atoms with Gasteiger partial charge in [0.2, 0.25) is 0 Å². The molecule has 15 heavy (non-hydrogen) atoms. The third kappa shape index (κ3) is 1.30. The number of cyclic esters (lactones) is 1. The molecule has 1 heterocycles. The van der Waals surface area contributed by atoms with Gasteiger partial charge in [0.25, 0.3) is 0 Å². The molecule has 3 nitrogen and oxygen atoms in total. The molecule has 1 aromatic carbocycles. The molecule has 2 aliphatic rings. The van der Waals surface area contributed by atoms with Gasteiger partial charge in [0.15, 0.2) is 0 Å². The Labute approximate surface area is 88.4 Å². The zero-order valence-corrected chi connectivity index (χ0v) is 8.40. The first-order valence-electron chi connectivity index (χ1n) is 5.31. The standard InChI is InChI=1S/C12H13NO2/c14-11-13-8-10(15-11)12(6-7-12)9-4-2-1-3-5-9/h1-5,10H,6-8H2,(H,13,14). The van der Waals surface area contributed by atoms with E-state index >= 15 is 0 Å². The maximum absolute atomic E-state index is 11.0. The van der Waals surface area contributed by atoms with Gasteiger partial charge in [-0.25, -0.2) is 4.79 Å². The zero-order valence-electron chi connectivity index (χ0n) is 8.40. The molecule has 1 N–H and O–H groups in total. The fourth-order valence-corrected chi connectivity index (χ4v) is 2.40. The number of benzene rings is 1. The van der Waals surface area contributed by atoms with Crippen molar-refractivity contribution in [3.63, 3.8) is 0 Å². The summed E-state index contributed by atoms with van der Waals surface area (Å²) in [6.07, 6.45) is 1.99. The van der Waals surface area contributed by atoms with E-state index in [2.05, 4.69) is 17.4 Å². The van der Waals surface area contributed by atoms with E-state index in [1.54, 1.807) is 0 Å². The fourth-order valence-electron chi connectivity index (χ4n) is 2.40. The van der Waals surface area contributed by atoms with Crippen LogP contribution in [0, 0.1) is 0 Å². The van der Waals surface area contributed by atoms with Crippen molar-refractivity contribution in [2.24, 2.45) is 0 Å². The van der Waals surface area contributed by atoms with E-state index in [1.807, 2.05) is 18.2 Å². The molecule has 1 amide bonds. The second kappa shape index (κ2) is 2.99. The minimum Gasteiger partial charge on any atom is -0.443 e. The third-order valence-corrected chi connectivity index (χ3v) is 3.43. The quantitative estimate of drug-likeness (QED) is 0.796. The van der Waals surface area contributed by atoms with Crippen LogP contribution in [0.2, 0.25) is 0 Å². The number of alkyl carbamates (subject to hydrolysis) is 1. The third-order valence-electron chi connectivity index (χ3n) is 3.43. The minimum atomic E-state index is -0.276. The number of amides is 1. The second-order valence-electron chi connectivity index (χ2n) is 4.30. The number of hydrogen-bond acceptors (Lipinski definition) is 2. The topological polar surface area (TPSA) is 38.3 Å². The summed E-state index contributed by atoms with van der Waals surface area (Å²) in [5, 5.41) is 2.72. The predicted molar refractivity (Wildman–Crippen MR) is 55.6 cm³/mol. The molecule has 1 saturated carbocycles. The highest BCUT2D eigenvalue weighted by atomic mass is 16.6. The molecular formula is C12H13NO2. The molecule has 1 atom stereocenters. The van der Waals surface area contributed by atoms with Crippen LogP contribution in [0.3, 0.4) is 0 Å². The first kappa shape index (κ1) is 8.77. The van der Waals surface area contributed by atoms with Gasteiger partial charge in [-0.05, 0) is 18.4 Å². The number of nitrogens with one attached hydrogen (secondary N) is 1. The van der Waals surface area contributed by atoms with Gasteiger partial charge in [-0.2, -0.15) is 0 Å². The molecule has 1 aromatic rings. The van der Waals surface area contributed by atoms with Gasteiger partial charge in [-0.1, -0.05) is 30.3 Å². The first-order valence-corrected chi connectivity index (χ1v) is 5.31. The molecule has 3 heteroatoms. The number of carbonyl (C=O) groups excluding carboxylic acids is 1. The van der Waals surface area contributed by atoms with E-state index in [0.717, 1.165) is 12.8 Å². The molecule has 78 valence electrons. The van der Waals surface area contributed by atoms with E-state index in [9.17, 15) is 4.79 Å². The van der Waals surface area contributed by atoms with Gasteiger partial charge in [-0.3, -0.25) is 0 Å². The summed E-state index contributed by atoms with van der Waals surface area (Å²) in [7, 11) is 0. The molecule has 1 unspecified atom stereocenters. The average molecular weight is 203 g/mol. The number of hydrogen-bond donors (Lipinski definition) is 1. The average Bonchev–Trinajstić information content (AvgIpc) is 2.98. The Bertz CT molecular complexity index is 384. The van der Waals surface area contributed by atoms with Gasteiger partial charge in [0.05, 0.1) is 6.54 Å². The second-order valence-corrected chi connectivity index (χ2v) is 4.30. The zero-order chi connectivity index (χ0) is 10.3. The summed E-state index contributed by atoms with van der Waals surface area (Å²) in [5.74, 6) is 0. The lowest BCUT2D eigenvalue weighted by Crippen LogP contribution is -2.29. The van der Waals surface area contributed by atoms with E-state index < -0.39 is 0 Å². The van der Waals surface area contributed by atoms with Crippen molar-refractivity contribution in [1.82, 2.24) is 5.32 Å². The summed E-state index contributed by atoms with van der Waals surface area (Å²) in [5.41, 5.74) is 1.40. The Morgan fingerprint density at radius 1 is 1.27 bits per heavy atom. The lowest BCUT2D eigenvalue weighted by molar-refractivity contribution is 0.119. The fraction of sp³-hybridized carbons (Fsp3) is 0.417. The van der Waals surface area contributed by atoms with Crippen molar-refractivity contribution in [2.45, 2.75) is 24.4 Å². The minimum absolute atomic E-state index is 0.0207. The smallest absolute Gasteiger partial charge is 0.407 e. The Balaban J connectivity index is 1.89. The molecule has 0 bridgehead atoms. The molecule has 1 aliphatic carbocycles. The summed E-state index contributed by atoms with van der Waals surface area (Å²) in [4.78, 5) is 11.0. The Hall–Kier alpha value is -1.51. The van der Waals surface area contributed by atoms with Crippen LogP contribution >= 0.6 is 0 Å². The van der Waals surface area contributed by atoms with Crippen LogP contribution in [0.4, 0.5) is 4.79 Å². The molecule has 3 rings (SSSR count). The first-order chi connectivity index (χ1) is 7.31. The van der Waals surface area contributed by atoms with Crippen LogP contribution in [0.25, 0.3) is 0 Å². The summed E-state index contributed by atoms with van der Waals surface area (Å²) >= 11 is 0. The normalized spacial score (nSPS) is 26.9. The van der Waals surface area contributed by atoms with Crippen LogP contribution in [-0.4, -0.2) is 18.7 Å². The van der Waals surface area contributed by atoms with E-state index in [1.165, 1.54) is 5.56 Å². The maximum Gasteiger partial charge on any atom is 0.407 e. The highest BCUT2D eigenvalue weighted by Crippen LogP contribution is 2.52. The highest BCUT2D eigenvalue weighted by Gasteiger charge is 2.54. The molecular weight excluding hydrogens is 190 g/mol. The van der Waals surface area contributed by atoms with E-state index in [0.29, 0.717) is 6.54 Å². The van der Waals surface area contributed by atoms with Crippen LogP contribution in [0.5, 0.6) is 0 Å². The maximum atomic E-state index is 11.0. The molecule has 2 fully saturated rings. The largest absolute Gasteiger partial charge is 0.443 e. The summed E-state index contributed by atoms with van der Waals surface area (Å²) in [6, 6.07) is 10.3. The van der Waals surface area contributed by atoms with Gasteiger partial charge in [-0.15, -0.1) is 0 Å². The summed E-state index contributed by atoms with van der Waals surface area (Å²) < 4.78 is 5.29. The van der Waals surface area contributed by atoms with E-state index in [4.69, 9.17) is 4.74 Å². The predicted octanol–water partition coefficient (Wildman–Crippen LogP) is 1.83. The van der Waals surface area contributed by atoms with Gasteiger partial charge in [0, 0.05) is 5.41 Å². The number of rotatable bonds is 2. The molecule has 1 aliphatic heterocycles. The van der Waals surface area contributed by atoms with Crippen molar-refractivity contribution in [3.8, 4) is 0 Å². The Morgan fingerprint density at radius 2 is 2.00 bits per heavy atom. The van der Waals surface area contributed by atoms with Gasteiger partial charge in [0.1, 0.15) is 6.10 Å². The highest BCUT2D eigenvalue weighted by molar-refractivity contribution is 5.70. The molecule has 1 saturated heterocycles. The van der Waals surface area contributed by atoms with Crippen LogP contribution < -0.4 is 5.32 Å². The van der Waals surface area contributed by atoms with Gasteiger partial charge < -0.3 is 10.1 Å². The van der Waals surface area contributed by atoms with Crippen molar-refractivity contribution in [3.05, 3.63) is 35.9 Å². The van der Waals surface area contributed by atoms with Crippen LogP contribution in [-0.2, 0) is 10.2 Å². The molecule has 0 spiro atoms. The number of carbonyl (C=O) groups is 1. The van der Waals surface area contributed by atoms with Crippen molar-refractivity contribution < 1.29 is 9.53 Å². The monoisotopic (exact) mass is 203 g/mol. The molecule has 0 radical (unpaired) electrons. The van der Waals surface area contributed by atoms with Crippen LogP contribution in [0.1, 0.15) is 18.4 Å². The lowest BCUT2D eigenvalue weighted by atomic mass is 9.90. The Kier molecular flexibility index (Phi) is 1.75. The number of ether oxygens (including phenoxy) is 1. The van der Waals surface area contributed by atoms with E-state index in [-0.39, 0.29) is 17.6 Å². The SMILES string of the molecule is O=C1NCC(C2(c3ccccc3)CC2)O1. The lowest BCUT2D eigenvalue weighted by Gasteiger charge is -2.20. The van der Waals surface area contributed by atoms with Crippen molar-refractivity contribution >= 4 is 6.09 Å². The Morgan fingerprint density at radius 3 is 2.53 bits per heavy atom. The van der Waals surface area contributed by atoms with Crippen LogP contribution in [0.15, 0.2) is 30.3 Å².